The highest BCUT2D eigenvalue weighted by Gasteiger charge is 2.13. The molecule has 0 radical (unpaired) electrons. The molecular formula is C18H25N3O2. The number of benzene rings is 1. The molecule has 0 spiro atoms. The van der Waals surface area contributed by atoms with Crippen molar-refractivity contribution in [3.63, 3.8) is 0 Å². The number of hydrogen-bond donors (Lipinski definition) is 1. The highest BCUT2D eigenvalue weighted by Crippen LogP contribution is 2.20. The number of hydrogen-bond acceptors (Lipinski definition) is 3. The normalized spacial score (nSPS) is 12.0. The predicted molar refractivity (Wildman–Crippen MR) is 90.3 cm³/mol. The molecule has 0 aliphatic heterocycles. The Hall–Kier alpha value is -2.30. The molecule has 0 fully saturated rings. The summed E-state index contributed by atoms with van der Waals surface area (Å²) in [6.45, 7) is 4.69. The minimum Gasteiger partial charge on any atom is -0.494 e. The summed E-state index contributed by atoms with van der Waals surface area (Å²) in [5, 5.41) is 7.22. The zero-order chi connectivity index (χ0) is 16.7. The van der Waals surface area contributed by atoms with Crippen LogP contribution in [0.2, 0.25) is 0 Å². The Morgan fingerprint density at radius 2 is 2.04 bits per heavy atom. The summed E-state index contributed by atoms with van der Waals surface area (Å²) >= 11 is 0. The Kier molecular flexibility index (Phi) is 6.20. The molecule has 5 heteroatoms. The second-order valence-corrected chi connectivity index (χ2v) is 5.55. The molecule has 1 N–H and O–H groups in total. The third kappa shape index (κ3) is 5.13. The standard InChI is InChI=1S/C18H25N3O2/c1-4-17(15-7-9-16(10-8-15)23-5-2)20-18(22)11-6-14-12-19-21(3)13-14/h7-10,12-13,17H,4-6,11H2,1-3H3,(H,20,22)/t17-/m0/s1. The molecule has 0 saturated carbocycles. The first kappa shape index (κ1) is 17.1. The minimum absolute atomic E-state index is 0.0343. The maximum atomic E-state index is 12.2. The number of rotatable bonds is 8. The van der Waals surface area contributed by atoms with Crippen LogP contribution in [0.3, 0.4) is 0 Å². The summed E-state index contributed by atoms with van der Waals surface area (Å²) < 4.78 is 7.20. The van der Waals surface area contributed by atoms with Crippen LogP contribution in [0.15, 0.2) is 36.7 Å². The summed E-state index contributed by atoms with van der Waals surface area (Å²) in [5.41, 5.74) is 2.18. The van der Waals surface area contributed by atoms with E-state index in [2.05, 4.69) is 17.3 Å². The molecule has 2 rings (SSSR count). The van der Waals surface area contributed by atoms with Crippen LogP contribution in [0.1, 0.15) is 43.9 Å². The van der Waals surface area contributed by atoms with Crippen LogP contribution < -0.4 is 10.1 Å². The predicted octanol–water partition coefficient (Wildman–Crippen LogP) is 3.02. The van der Waals surface area contributed by atoms with Gasteiger partial charge in [0.2, 0.25) is 5.91 Å². The first-order valence-electron chi connectivity index (χ1n) is 8.12. The van der Waals surface area contributed by atoms with Gasteiger partial charge in [-0.1, -0.05) is 19.1 Å². The second-order valence-electron chi connectivity index (χ2n) is 5.55. The van der Waals surface area contributed by atoms with Crippen LogP contribution in [0.25, 0.3) is 0 Å². The average Bonchev–Trinajstić information content (AvgIpc) is 2.97. The van der Waals surface area contributed by atoms with Crippen molar-refractivity contribution in [2.45, 2.75) is 39.2 Å². The Morgan fingerprint density at radius 1 is 1.30 bits per heavy atom. The van der Waals surface area contributed by atoms with Crippen molar-refractivity contribution in [2.24, 2.45) is 7.05 Å². The zero-order valence-corrected chi connectivity index (χ0v) is 14.1. The fourth-order valence-corrected chi connectivity index (χ4v) is 2.51. The van der Waals surface area contributed by atoms with E-state index in [0.717, 1.165) is 23.3 Å². The van der Waals surface area contributed by atoms with Gasteiger partial charge in [0.05, 0.1) is 18.8 Å². The molecule has 1 atom stereocenters. The van der Waals surface area contributed by atoms with E-state index in [-0.39, 0.29) is 11.9 Å². The molecule has 124 valence electrons. The summed E-state index contributed by atoms with van der Waals surface area (Å²) in [6, 6.07) is 7.96. The maximum Gasteiger partial charge on any atom is 0.220 e. The molecule has 1 heterocycles. The number of carbonyl (C=O) groups is 1. The number of ether oxygens (including phenoxy) is 1. The van der Waals surface area contributed by atoms with Gasteiger partial charge in [0.25, 0.3) is 0 Å². The first-order valence-corrected chi connectivity index (χ1v) is 8.12. The number of aryl methyl sites for hydroxylation is 2. The monoisotopic (exact) mass is 315 g/mol. The minimum atomic E-state index is 0.0343. The van der Waals surface area contributed by atoms with Gasteiger partial charge in [-0.25, -0.2) is 0 Å². The van der Waals surface area contributed by atoms with E-state index in [1.165, 1.54) is 0 Å². The van der Waals surface area contributed by atoms with Crippen LogP contribution >= 0.6 is 0 Å². The maximum absolute atomic E-state index is 12.2. The van der Waals surface area contributed by atoms with Crippen LogP contribution in [-0.4, -0.2) is 22.3 Å². The van der Waals surface area contributed by atoms with Crippen molar-refractivity contribution < 1.29 is 9.53 Å². The molecule has 23 heavy (non-hydrogen) atoms. The van der Waals surface area contributed by atoms with Gasteiger partial charge in [-0.2, -0.15) is 5.10 Å². The van der Waals surface area contributed by atoms with Gasteiger partial charge in [0.15, 0.2) is 0 Å². The molecule has 0 aliphatic carbocycles. The quantitative estimate of drug-likeness (QED) is 0.814. The number of nitrogens with one attached hydrogen (secondary N) is 1. The van der Waals surface area contributed by atoms with Crippen molar-refractivity contribution in [3.05, 3.63) is 47.8 Å². The van der Waals surface area contributed by atoms with Gasteiger partial charge in [-0.3, -0.25) is 9.48 Å². The third-order valence-corrected chi connectivity index (χ3v) is 3.74. The van der Waals surface area contributed by atoms with Gasteiger partial charge in [0, 0.05) is 19.7 Å². The fourth-order valence-electron chi connectivity index (χ4n) is 2.51. The van der Waals surface area contributed by atoms with E-state index in [1.807, 2.05) is 44.4 Å². The Balaban J connectivity index is 1.88. The van der Waals surface area contributed by atoms with Crippen molar-refractivity contribution in [3.8, 4) is 5.75 Å². The number of aromatic nitrogens is 2. The molecule has 1 aromatic heterocycles. The van der Waals surface area contributed by atoms with Gasteiger partial charge in [-0.15, -0.1) is 0 Å². The van der Waals surface area contributed by atoms with E-state index in [4.69, 9.17) is 4.74 Å². The summed E-state index contributed by atoms with van der Waals surface area (Å²) in [4.78, 5) is 12.2. The van der Waals surface area contributed by atoms with Crippen LogP contribution in [0.5, 0.6) is 5.75 Å². The Labute approximate surface area is 137 Å². The van der Waals surface area contributed by atoms with Gasteiger partial charge in [0.1, 0.15) is 5.75 Å². The summed E-state index contributed by atoms with van der Waals surface area (Å²) in [7, 11) is 1.88. The van der Waals surface area contributed by atoms with E-state index >= 15 is 0 Å². The molecule has 2 aromatic rings. The SMILES string of the molecule is CCOc1ccc([C@H](CC)NC(=O)CCc2cnn(C)c2)cc1. The lowest BCUT2D eigenvalue weighted by Crippen LogP contribution is -2.28. The van der Waals surface area contributed by atoms with Gasteiger partial charge < -0.3 is 10.1 Å². The molecule has 0 unspecified atom stereocenters. The number of amides is 1. The van der Waals surface area contributed by atoms with E-state index in [9.17, 15) is 4.79 Å². The Morgan fingerprint density at radius 3 is 2.61 bits per heavy atom. The van der Waals surface area contributed by atoms with Crippen LogP contribution in [-0.2, 0) is 18.3 Å². The average molecular weight is 315 g/mol. The van der Waals surface area contributed by atoms with E-state index in [1.54, 1.807) is 10.9 Å². The van der Waals surface area contributed by atoms with Crippen molar-refractivity contribution in [1.29, 1.82) is 0 Å². The molecule has 0 saturated heterocycles. The fraction of sp³-hybridized carbons (Fsp3) is 0.444. The highest BCUT2D eigenvalue weighted by atomic mass is 16.5. The Bertz CT molecular complexity index is 619. The molecule has 0 bridgehead atoms. The number of carbonyl (C=O) groups excluding carboxylic acids is 1. The largest absolute Gasteiger partial charge is 0.494 e. The van der Waals surface area contributed by atoms with Crippen LogP contribution in [0.4, 0.5) is 0 Å². The number of nitrogens with zero attached hydrogens (tertiary/aromatic N) is 2. The van der Waals surface area contributed by atoms with Crippen LogP contribution in [0, 0.1) is 0 Å². The third-order valence-electron chi connectivity index (χ3n) is 3.74. The van der Waals surface area contributed by atoms with Gasteiger partial charge >= 0.3 is 0 Å². The van der Waals surface area contributed by atoms with Crippen molar-refractivity contribution in [1.82, 2.24) is 15.1 Å². The lowest BCUT2D eigenvalue weighted by molar-refractivity contribution is -0.121. The topological polar surface area (TPSA) is 56.1 Å². The van der Waals surface area contributed by atoms with E-state index < -0.39 is 0 Å². The molecule has 1 amide bonds. The lowest BCUT2D eigenvalue weighted by Gasteiger charge is -2.18. The van der Waals surface area contributed by atoms with Crippen molar-refractivity contribution >= 4 is 5.91 Å². The second kappa shape index (κ2) is 8.36. The smallest absolute Gasteiger partial charge is 0.220 e. The summed E-state index contributed by atoms with van der Waals surface area (Å²) in [5.74, 6) is 0.920. The molecular weight excluding hydrogens is 290 g/mol. The van der Waals surface area contributed by atoms with Crippen molar-refractivity contribution in [2.75, 3.05) is 6.61 Å². The highest BCUT2D eigenvalue weighted by molar-refractivity contribution is 5.76. The molecule has 1 aromatic carbocycles. The van der Waals surface area contributed by atoms with Gasteiger partial charge in [-0.05, 0) is 43.0 Å². The van der Waals surface area contributed by atoms with E-state index in [0.29, 0.717) is 19.4 Å². The lowest BCUT2D eigenvalue weighted by atomic mass is 10.0. The zero-order valence-electron chi connectivity index (χ0n) is 14.1. The first-order chi connectivity index (χ1) is 11.1. The molecule has 5 nitrogen and oxygen atoms in total. The molecule has 0 aliphatic rings. The summed E-state index contributed by atoms with van der Waals surface area (Å²) in [6.07, 6.45) is 5.78.